The highest BCUT2D eigenvalue weighted by atomic mass is 16.3. The van der Waals surface area contributed by atoms with Crippen LogP contribution in [0.4, 0.5) is 0 Å². The number of carbonyl (C=O) groups is 1. The molecule has 0 amide bonds. The molecule has 1 aromatic heterocycles. The molecule has 0 bridgehead atoms. The summed E-state index contributed by atoms with van der Waals surface area (Å²) in [4.78, 5) is 31.4. The quantitative estimate of drug-likeness (QED) is 0.712. The minimum Gasteiger partial charge on any atom is -0.390 e. The van der Waals surface area contributed by atoms with Gasteiger partial charge in [0, 0.05) is 32.1 Å². The molecular weight excluding hydrogens is 378 g/mol. The molecule has 2 heterocycles. The van der Waals surface area contributed by atoms with Crippen LogP contribution in [0.5, 0.6) is 0 Å². The average molecular weight is 410 g/mol. The molecule has 2 aliphatic rings. The van der Waals surface area contributed by atoms with E-state index in [2.05, 4.69) is 28.1 Å². The standard InChI is InChI=1S/C24H31N3O3/c28-21(15-26-11-10-19-8-4-5-9-20(19)14-26)16-27-17-25-22(13-24(27)30)23(29)12-18-6-2-1-3-7-18/h4-5,8-9,13,17-18,21,28H,1-3,6-7,10-12,14-16H2. The Labute approximate surface area is 177 Å². The first-order chi connectivity index (χ1) is 14.6. The average Bonchev–Trinajstić information content (AvgIpc) is 2.75. The van der Waals surface area contributed by atoms with Crippen LogP contribution in [0.25, 0.3) is 0 Å². The van der Waals surface area contributed by atoms with Crippen LogP contribution in [0.2, 0.25) is 0 Å². The molecule has 4 rings (SSSR count). The van der Waals surface area contributed by atoms with Crippen molar-refractivity contribution in [2.24, 2.45) is 5.92 Å². The molecule has 1 saturated carbocycles. The molecule has 1 atom stereocenters. The predicted molar refractivity (Wildman–Crippen MR) is 115 cm³/mol. The lowest BCUT2D eigenvalue weighted by molar-refractivity contribution is 0.0905. The fraction of sp³-hybridized carbons (Fsp3) is 0.542. The van der Waals surface area contributed by atoms with Crippen molar-refractivity contribution in [1.29, 1.82) is 0 Å². The van der Waals surface area contributed by atoms with Gasteiger partial charge in [-0.2, -0.15) is 0 Å². The molecule has 0 spiro atoms. The summed E-state index contributed by atoms with van der Waals surface area (Å²) in [7, 11) is 0. The first-order valence-corrected chi connectivity index (χ1v) is 11.2. The number of benzene rings is 1. The highest BCUT2D eigenvalue weighted by Crippen LogP contribution is 2.27. The Morgan fingerprint density at radius 1 is 1.13 bits per heavy atom. The van der Waals surface area contributed by atoms with Gasteiger partial charge in [0.05, 0.1) is 19.0 Å². The third-order valence-electron chi connectivity index (χ3n) is 6.45. The number of Topliss-reactive ketones (excluding diaryl/α,β-unsaturated/α-hetero) is 1. The van der Waals surface area contributed by atoms with E-state index in [0.717, 1.165) is 32.4 Å². The minimum absolute atomic E-state index is 0.0429. The van der Waals surface area contributed by atoms with Gasteiger partial charge in [0.1, 0.15) is 5.69 Å². The topological polar surface area (TPSA) is 75.4 Å². The zero-order chi connectivity index (χ0) is 20.9. The summed E-state index contributed by atoms with van der Waals surface area (Å²) in [5.41, 5.74) is 2.65. The summed E-state index contributed by atoms with van der Waals surface area (Å²) >= 11 is 0. The lowest BCUT2D eigenvalue weighted by Crippen LogP contribution is -2.39. The SMILES string of the molecule is O=C(CC1CCCCC1)c1cc(=O)n(CC(O)CN2CCc3ccccc3C2)cn1. The fourth-order valence-electron chi connectivity index (χ4n) is 4.77. The van der Waals surface area contributed by atoms with E-state index in [1.807, 2.05) is 6.07 Å². The molecule has 6 heteroatoms. The van der Waals surface area contributed by atoms with Crippen LogP contribution < -0.4 is 5.56 Å². The van der Waals surface area contributed by atoms with Gasteiger partial charge in [0.15, 0.2) is 5.78 Å². The van der Waals surface area contributed by atoms with Crippen LogP contribution in [0.15, 0.2) is 41.5 Å². The maximum Gasteiger partial charge on any atom is 0.254 e. The molecular formula is C24H31N3O3. The summed E-state index contributed by atoms with van der Waals surface area (Å²) in [5.74, 6) is 0.380. The Morgan fingerprint density at radius 3 is 2.67 bits per heavy atom. The number of carbonyl (C=O) groups excluding carboxylic acids is 1. The van der Waals surface area contributed by atoms with Crippen molar-refractivity contribution in [3.05, 3.63) is 63.8 Å². The van der Waals surface area contributed by atoms with E-state index >= 15 is 0 Å². The number of β-amino-alcohol motifs (C(OH)–C–C–N with tert-alkyl or cyclic N) is 1. The van der Waals surface area contributed by atoms with Crippen LogP contribution in [0.1, 0.15) is 60.1 Å². The first kappa shape index (κ1) is 20.9. The van der Waals surface area contributed by atoms with Gasteiger partial charge in [0.2, 0.25) is 0 Å². The molecule has 1 fully saturated rings. The Balaban J connectivity index is 1.32. The van der Waals surface area contributed by atoms with E-state index in [1.165, 1.54) is 47.4 Å². The number of hydrogen-bond acceptors (Lipinski definition) is 5. The van der Waals surface area contributed by atoms with Crippen molar-refractivity contribution in [2.75, 3.05) is 13.1 Å². The highest BCUT2D eigenvalue weighted by Gasteiger charge is 2.21. The number of aliphatic hydroxyl groups is 1. The van der Waals surface area contributed by atoms with Gasteiger partial charge in [0.25, 0.3) is 5.56 Å². The maximum atomic E-state index is 12.5. The second kappa shape index (κ2) is 9.67. The number of nitrogens with zero attached hydrogens (tertiary/aromatic N) is 3. The maximum absolute atomic E-state index is 12.5. The van der Waals surface area contributed by atoms with E-state index in [4.69, 9.17) is 0 Å². The molecule has 1 aliphatic carbocycles. The number of fused-ring (bicyclic) bond motifs is 1. The van der Waals surface area contributed by atoms with Gasteiger partial charge in [-0.25, -0.2) is 4.98 Å². The Bertz CT molecular complexity index is 933. The lowest BCUT2D eigenvalue weighted by atomic mass is 9.85. The van der Waals surface area contributed by atoms with E-state index in [9.17, 15) is 14.7 Å². The number of rotatable bonds is 7. The van der Waals surface area contributed by atoms with E-state index in [1.54, 1.807) is 0 Å². The van der Waals surface area contributed by atoms with Crippen molar-refractivity contribution in [2.45, 2.75) is 64.1 Å². The third kappa shape index (κ3) is 5.24. The number of aliphatic hydroxyl groups excluding tert-OH is 1. The van der Waals surface area contributed by atoms with Crippen molar-refractivity contribution in [1.82, 2.24) is 14.5 Å². The monoisotopic (exact) mass is 409 g/mol. The molecule has 6 nitrogen and oxygen atoms in total. The summed E-state index contributed by atoms with van der Waals surface area (Å²) in [5, 5.41) is 10.5. The number of ketones is 1. The summed E-state index contributed by atoms with van der Waals surface area (Å²) in [6, 6.07) is 9.72. The molecule has 30 heavy (non-hydrogen) atoms. The van der Waals surface area contributed by atoms with Crippen LogP contribution in [-0.2, 0) is 19.5 Å². The normalized spacial score (nSPS) is 18.7. The van der Waals surface area contributed by atoms with Gasteiger partial charge in [-0.3, -0.25) is 19.1 Å². The second-order valence-electron chi connectivity index (χ2n) is 8.80. The minimum atomic E-state index is -0.668. The highest BCUT2D eigenvalue weighted by molar-refractivity contribution is 5.94. The third-order valence-corrected chi connectivity index (χ3v) is 6.45. The Kier molecular flexibility index (Phi) is 6.75. The molecule has 0 radical (unpaired) electrons. The second-order valence-corrected chi connectivity index (χ2v) is 8.80. The van der Waals surface area contributed by atoms with Gasteiger partial charge >= 0.3 is 0 Å². The Hall–Kier alpha value is -2.31. The van der Waals surface area contributed by atoms with Crippen molar-refractivity contribution in [3.63, 3.8) is 0 Å². The van der Waals surface area contributed by atoms with Gasteiger partial charge in [-0.15, -0.1) is 0 Å². The van der Waals surface area contributed by atoms with Crippen LogP contribution >= 0.6 is 0 Å². The van der Waals surface area contributed by atoms with E-state index in [0.29, 0.717) is 18.9 Å². The van der Waals surface area contributed by atoms with Gasteiger partial charge in [-0.1, -0.05) is 56.4 Å². The molecule has 1 aromatic carbocycles. The number of hydrogen-bond donors (Lipinski definition) is 1. The van der Waals surface area contributed by atoms with Crippen molar-refractivity contribution in [3.8, 4) is 0 Å². The first-order valence-electron chi connectivity index (χ1n) is 11.2. The summed E-state index contributed by atoms with van der Waals surface area (Å²) in [6.45, 7) is 2.40. The van der Waals surface area contributed by atoms with Gasteiger partial charge < -0.3 is 5.11 Å². The van der Waals surface area contributed by atoms with Crippen LogP contribution in [0.3, 0.4) is 0 Å². The molecule has 2 aromatic rings. The predicted octanol–water partition coefficient (Wildman–Crippen LogP) is 2.82. The molecule has 1 N–H and O–H groups in total. The van der Waals surface area contributed by atoms with Crippen LogP contribution in [0, 0.1) is 5.92 Å². The van der Waals surface area contributed by atoms with Crippen molar-refractivity contribution >= 4 is 5.78 Å². The molecule has 1 aliphatic heterocycles. The Morgan fingerprint density at radius 2 is 1.90 bits per heavy atom. The number of aromatic nitrogens is 2. The molecule has 160 valence electrons. The van der Waals surface area contributed by atoms with Crippen molar-refractivity contribution < 1.29 is 9.90 Å². The molecule has 1 unspecified atom stereocenters. The zero-order valence-corrected chi connectivity index (χ0v) is 17.5. The summed E-state index contributed by atoms with van der Waals surface area (Å²) < 4.78 is 1.40. The molecule has 0 saturated heterocycles. The lowest BCUT2D eigenvalue weighted by Gasteiger charge is -2.30. The fourth-order valence-corrected chi connectivity index (χ4v) is 4.77. The smallest absolute Gasteiger partial charge is 0.254 e. The van der Waals surface area contributed by atoms with Crippen LogP contribution in [-0.4, -0.2) is 44.5 Å². The largest absolute Gasteiger partial charge is 0.390 e. The van der Waals surface area contributed by atoms with E-state index < -0.39 is 6.10 Å². The van der Waals surface area contributed by atoms with Gasteiger partial charge in [-0.05, 0) is 23.5 Å². The summed E-state index contributed by atoms with van der Waals surface area (Å²) in [6.07, 6.45) is 8.01. The zero-order valence-electron chi connectivity index (χ0n) is 17.5. The van der Waals surface area contributed by atoms with E-state index in [-0.39, 0.29) is 23.6 Å².